The van der Waals surface area contributed by atoms with E-state index in [9.17, 15) is 4.79 Å². The molecule has 1 aromatic heterocycles. The highest BCUT2D eigenvalue weighted by Crippen LogP contribution is 2.23. The number of amides is 1. The van der Waals surface area contributed by atoms with Gasteiger partial charge in [0, 0.05) is 18.3 Å². The van der Waals surface area contributed by atoms with Crippen LogP contribution in [0.15, 0.2) is 36.5 Å². The van der Waals surface area contributed by atoms with Crippen LogP contribution >= 0.6 is 11.6 Å². The van der Waals surface area contributed by atoms with E-state index in [4.69, 9.17) is 11.6 Å². The molecule has 1 heterocycles. The van der Waals surface area contributed by atoms with Gasteiger partial charge in [-0.2, -0.15) is 0 Å². The van der Waals surface area contributed by atoms with E-state index in [1.165, 1.54) is 0 Å². The molecule has 0 atom stereocenters. The summed E-state index contributed by atoms with van der Waals surface area (Å²) in [7, 11) is 0. The van der Waals surface area contributed by atoms with Crippen molar-refractivity contribution < 1.29 is 4.79 Å². The molecule has 0 spiro atoms. The van der Waals surface area contributed by atoms with Crippen LogP contribution in [0.1, 0.15) is 29.3 Å². The van der Waals surface area contributed by atoms with Crippen LogP contribution in [0, 0.1) is 6.92 Å². The molecule has 0 bridgehead atoms. The Labute approximate surface area is 129 Å². The maximum absolute atomic E-state index is 12.3. The van der Waals surface area contributed by atoms with Gasteiger partial charge in [-0.15, -0.1) is 0 Å². The largest absolute Gasteiger partial charge is 0.370 e. The molecular weight excluding hydrogens is 286 g/mol. The Bertz CT molecular complexity index is 643. The first-order valence-electron chi connectivity index (χ1n) is 6.87. The van der Waals surface area contributed by atoms with Gasteiger partial charge in [-0.1, -0.05) is 24.6 Å². The van der Waals surface area contributed by atoms with Gasteiger partial charge in [-0.25, -0.2) is 4.98 Å². The van der Waals surface area contributed by atoms with Crippen molar-refractivity contribution in [3.63, 3.8) is 0 Å². The van der Waals surface area contributed by atoms with Crippen molar-refractivity contribution in [1.82, 2.24) is 4.98 Å². The SMILES string of the molecule is CCCNc1cc(C(=O)Nc2ccc(C)cc2Cl)ccn1. The van der Waals surface area contributed by atoms with Gasteiger partial charge < -0.3 is 10.6 Å². The number of nitrogens with one attached hydrogen (secondary N) is 2. The van der Waals surface area contributed by atoms with E-state index in [2.05, 4.69) is 22.5 Å². The van der Waals surface area contributed by atoms with Crippen molar-refractivity contribution in [3.8, 4) is 0 Å². The molecule has 0 unspecified atom stereocenters. The van der Waals surface area contributed by atoms with Crippen LogP contribution in [-0.2, 0) is 0 Å². The van der Waals surface area contributed by atoms with E-state index in [-0.39, 0.29) is 5.91 Å². The molecule has 1 amide bonds. The minimum absolute atomic E-state index is 0.206. The first-order valence-corrected chi connectivity index (χ1v) is 7.25. The molecule has 0 aliphatic rings. The minimum Gasteiger partial charge on any atom is -0.370 e. The lowest BCUT2D eigenvalue weighted by atomic mass is 10.2. The number of benzene rings is 1. The first kappa shape index (κ1) is 15.3. The highest BCUT2D eigenvalue weighted by atomic mass is 35.5. The molecule has 2 N–H and O–H groups in total. The average molecular weight is 304 g/mol. The normalized spacial score (nSPS) is 10.2. The summed E-state index contributed by atoms with van der Waals surface area (Å²) in [6.45, 7) is 4.84. The van der Waals surface area contributed by atoms with Crippen molar-refractivity contribution in [2.75, 3.05) is 17.2 Å². The highest BCUT2D eigenvalue weighted by Gasteiger charge is 2.09. The summed E-state index contributed by atoms with van der Waals surface area (Å²) in [5.74, 6) is 0.488. The fourth-order valence-electron chi connectivity index (χ4n) is 1.84. The number of rotatable bonds is 5. The van der Waals surface area contributed by atoms with Gasteiger partial charge in [0.2, 0.25) is 0 Å². The van der Waals surface area contributed by atoms with Crippen LogP contribution in [0.5, 0.6) is 0 Å². The topological polar surface area (TPSA) is 54.0 Å². The van der Waals surface area contributed by atoms with Crippen molar-refractivity contribution in [2.45, 2.75) is 20.3 Å². The molecular formula is C16H18ClN3O. The van der Waals surface area contributed by atoms with E-state index in [0.717, 1.165) is 18.5 Å². The summed E-state index contributed by atoms with van der Waals surface area (Å²) in [5.41, 5.74) is 2.19. The fraction of sp³-hybridized carbons (Fsp3) is 0.250. The molecule has 0 radical (unpaired) electrons. The third-order valence-electron chi connectivity index (χ3n) is 2.95. The summed E-state index contributed by atoms with van der Waals surface area (Å²) in [6, 6.07) is 8.93. The van der Waals surface area contributed by atoms with E-state index in [1.54, 1.807) is 24.4 Å². The van der Waals surface area contributed by atoms with Gasteiger partial charge in [0.15, 0.2) is 0 Å². The molecule has 110 valence electrons. The predicted octanol–water partition coefficient (Wildman–Crippen LogP) is 4.12. The van der Waals surface area contributed by atoms with Gasteiger partial charge in [0.25, 0.3) is 5.91 Å². The van der Waals surface area contributed by atoms with Crippen LogP contribution in [-0.4, -0.2) is 17.4 Å². The monoisotopic (exact) mass is 303 g/mol. The molecule has 0 saturated carbocycles. The summed E-state index contributed by atoms with van der Waals surface area (Å²) in [4.78, 5) is 16.4. The van der Waals surface area contributed by atoms with E-state index >= 15 is 0 Å². The Balaban J connectivity index is 2.12. The number of hydrogen-bond donors (Lipinski definition) is 2. The average Bonchev–Trinajstić information content (AvgIpc) is 2.48. The number of carbonyl (C=O) groups excluding carboxylic acids is 1. The van der Waals surface area contributed by atoms with Crippen molar-refractivity contribution in [1.29, 1.82) is 0 Å². The van der Waals surface area contributed by atoms with Gasteiger partial charge >= 0.3 is 0 Å². The Morgan fingerprint density at radius 3 is 2.81 bits per heavy atom. The fourth-order valence-corrected chi connectivity index (χ4v) is 2.12. The minimum atomic E-state index is -0.206. The number of anilines is 2. The van der Waals surface area contributed by atoms with Gasteiger partial charge in [0.05, 0.1) is 10.7 Å². The van der Waals surface area contributed by atoms with E-state index in [0.29, 0.717) is 22.1 Å². The lowest BCUT2D eigenvalue weighted by Crippen LogP contribution is -2.13. The zero-order valence-corrected chi connectivity index (χ0v) is 12.9. The van der Waals surface area contributed by atoms with Crippen LogP contribution in [0.4, 0.5) is 11.5 Å². The van der Waals surface area contributed by atoms with Crippen LogP contribution in [0.2, 0.25) is 5.02 Å². The Kier molecular flexibility index (Phi) is 5.17. The van der Waals surface area contributed by atoms with Crippen LogP contribution in [0.3, 0.4) is 0 Å². The Hall–Kier alpha value is -2.07. The quantitative estimate of drug-likeness (QED) is 0.873. The molecule has 0 fully saturated rings. The maximum atomic E-state index is 12.3. The van der Waals surface area contributed by atoms with Gasteiger partial charge in [-0.05, 0) is 43.2 Å². The molecule has 1 aromatic carbocycles. The lowest BCUT2D eigenvalue weighted by Gasteiger charge is -2.09. The number of pyridine rings is 1. The van der Waals surface area contributed by atoms with E-state index in [1.807, 2.05) is 19.1 Å². The molecule has 2 aromatic rings. The van der Waals surface area contributed by atoms with Gasteiger partial charge in [-0.3, -0.25) is 4.79 Å². The molecule has 21 heavy (non-hydrogen) atoms. The van der Waals surface area contributed by atoms with Crippen LogP contribution < -0.4 is 10.6 Å². The molecule has 0 aliphatic carbocycles. The smallest absolute Gasteiger partial charge is 0.255 e. The maximum Gasteiger partial charge on any atom is 0.255 e. The van der Waals surface area contributed by atoms with Crippen molar-refractivity contribution in [2.24, 2.45) is 0 Å². The van der Waals surface area contributed by atoms with Crippen LogP contribution in [0.25, 0.3) is 0 Å². The molecule has 4 nitrogen and oxygen atoms in total. The number of carbonyl (C=O) groups is 1. The highest BCUT2D eigenvalue weighted by molar-refractivity contribution is 6.34. The zero-order valence-electron chi connectivity index (χ0n) is 12.1. The standard InChI is InChI=1S/C16H18ClN3O/c1-3-7-18-15-10-12(6-8-19-15)16(21)20-14-5-4-11(2)9-13(14)17/h4-6,8-10H,3,7H2,1-2H3,(H,18,19)(H,20,21). The third kappa shape index (κ3) is 4.20. The first-order chi connectivity index (χ1) is 10.1. The summed E-state index contributed by atoms with van der Waals surface area (Å²) < 4.78 is 0. The van der Waals surface area contributed by atoms with Crippen molar-refractivity contribution >= 4 is 29.0 Å². The summed E-state index contributed by atoms with van der Waals surface area (Å²) in [6.07, 6.45) is 2.61. The number of halogens is 1. The zero-order chi connectivity index (χ0) is 15.2. The number of hydrogen-bond acceptors (Lipinski definition) is 3. The Morgan fingerprint density at radius 1 is 1.29 bits per heavy atom. The molecule has 2 rings (SSSR count). The van der Waals surface area contributed by atoms with Crippen molar-refractivity contribution in [3.05, 3.63) is 52.7 Å². The number of nitrogens with zero attached hydrogens (tertiary/aromatic N) is 1. The second-order valence-corrected chi connectivity index (χ2v) is 5.20. The lowest BCUT2D eigenvalue weighted by molar-refractivity contribution is 0.102. The molecule has 0 saturated heterocycles. The molecule has 5 heteroatoms. The number of aryl methyl sites for hydroxylation is 1. The second kappa shape index (κ2) is 7.09. The van der Waals surface area contributed by atoms with E-state index < -0.39 is 0 Å². The second-order valence-electron chi connectivity index (χ2n) is 4.79. The summed E-state index contributed by atoms with van der Waals surface area (Å²) in [5, 5.41) is 6.50. The third-order valence-corrected chi connectivity index (χ3v) is 3.26. The Morgan fingerprint density at radius 2 is 2.10 bits per heavy atom. The predicted molar refractivity (Wildman–Crippen MR) is 87.2 cm³/mol. The van der Waals surface area contributed by atoms with Gasteiger partial charge in [0.1, 0.15) is 5.82 Å². The molecule has 0 aliphatic heterocycles. The number of aromatic nitrogens is 1. The summed E-state index contributed by atoms with van der Waals surface area (Å²) >= 11 is 6.12.